The zero-order valence-corrected chi connectivity index (χ0v) is 21.7. The lowest BCUT2D eigenvalue weighted by Gasteiger charge is -2.17. The van der Waals surface area contributed by atoms with Crippen molar-refractivity contribution >= 4 is 28.4 Å². The van der Waals surface area contributed by atoms with E-state index < -0.39 is 17.2 Å². The highest BCUT2D eigenvalue weighted by Crippen LogP contribution is 2.30. The van der Waals surface area contributed by atoms with Gasteiger partial charge in [0, 0.05) is 37.9 Å². The minimum Gasteiger partial charge on any atom is -0.493 e. The van der Waals surface area contributed by atoms with Gasteiger partial charge in [-0.15, -0.1) is 0 Å². The first-order valence-corrected chi connectivity index (χ1v) is 12.5. The Morgan fingerprint density at radius 3 is 2.47 bits per heavy atom. The molecule has 1 aliphatic rings. The van der Waals surface area contributed by atoms with Gasteiger partial charge in [0.25, 0.3) is 5.56 Å². The average molecular weight is 525 g/mol. The molecule has 38 heavy (non-hydrogen) atoms. The fourth-order valence-corrected chi connectivity index (χ4v) is 4.48. The molecule has 0 spiro atoms. The van der Waals surface area contributed by atoms with Crippen molar-refractivity contribution in [1.82, 2.24) is 14.5 Å². The van der Waals surface area contributed by atoms with Gasteiger partial charge in [-0.25, -0.2) is 4.79 Å². The number of nitrogens with zero attached hydrogens (tertiary/aromatic N) is 2. The molecule has 0 unspecified atom stereocenters. The van der Waals surface area contributed by atoms with Crippen LogP contribution in [0.4, 0.5) is 5.69 Å². The van der Waals surface area contributed by atoms with Crippen molar-refractivity contribution in [3.05, 3.63) is 62.8 Å². The van der Waals surface area contributed by atoms with Crippen LogP contribution in [0.25, 0.3) is 10.9 Å². The van der Waals surface area contributed by atoms with E-state index in [0.29, 0.717) is 30.3 Å². The lowest BCUT2D eigenvalue weighted by Crippen LogP contribution is -2.43. The summed E-state index contributed by atoms with van der Waals surface area (Å²) in [4.78, 5) is 52.3. The van der Waals surface area contributed by atoms with Crippen molar-refractivity contribution in [3.63, 3.8) is 0 Å². The number of hydrogen-bond acceptors (Lipinski definition) is 7. The molecule has 1 atom stereocenters. The number of ether oxygens (including phenoxy) is 3. The van der Waals surface area contributed by atoms with Gasteiger partial charge in [-0.2, -0.15) is 0 Å². The summed E-state index contributed by atoms with van der Waals surface area (Å²) >= 11 is 0. The molecule has 3 aromatic rings. The number of amides is 2. The molecule has 1 aromatic heterocycles. The van der Waals surface area contributed by atoms with E-state index in [4.69, 9.17) is 14.2 Å². The van der Waals surface area contributed by atoms with Crippen LogP contribution >= 0.6 is 0 Å². The van der Waals surface area contributed by atoms with Gasteiger partial charge in [0.2, 0.25) is 11.8 Å². The number of aryl methyl sites for hydroxylation is 1. The maximum atomic E-state index is 13.5. The number of benzene rings is 2. The Labute approximate surface area is 219 Å². The normalized spacial score (nSPS) is 14.9. The van der Waals surface area contributed by atoms with E-state index in [1.54, 1.807) is 12.1 Å². The van der Waals surface area contributed by atoms with Gasteiger partial charge < -0.3 is 24.8 Å². The number of para-hydroxylation sites is 1. The summed E-state index contributed by atoms with van der Waals surface area (Å²) in [5.74, 6) is -0.148. The number of carbonyl (C=O) groups excluding carboxylic acids is 2. The van der Waals surface area contributed by atoms with E-state index in [1.165, 1.54) is 30.9 Å². The molecular weight excluding hydrogens is 492 g/mol. The van der Waals surface area contributed by atoms with Crippen LogP contribution in [0.15, 0.2) is 46.0 Å². The van der Waals surface area contributed by atoms with Gasteiger partial charge in [-0.3, -0.25) is 23.5 Å². The van der Waals surface area contributed by atoms with Crippen molar-refractivity contribution in [2.24, 2.45) is 0 Å². The Morgan fingerprint density at radius 1 is 1.05 bits per heavy atom. The van der Waals surface area contributed by atoms with Gasteiger partial charge in [0.15, 0.2) is 11.5 Å². The maximum absolute atomic E-state index is 13.5. The van der Waals surface area contributed by atoms with E-state index in [1.807, 2.05) is 19.1 Å². The Hall–Kier alpha value is -4.12. The fraction of sp³-hybridized carbons (Fsp3) is 0.407. The van der Waals surface area contributed by atoms with Crippen LogP contribution in [0, 0.1) is 6.92 Å². The number of nitrogens with one attached hydrogen (secondary N) is 2. The van der Waals surface area contributed by atoms with Crippen LogP contribution in [0.2, 0.25) is 0 Å². The highest BCUT2D eigenvalue weighted by Gasteiger charge is 2.20. The van der Waals surface area contributed by atoms with Crippen molar-refractivity contribution in [2.45, 2.75) is 45.4 Å². The van der Waals surface area contributed by atoms with Crippen molar-refractivity contribution in [3.8, 4) is 11.5 Å². The molecule has 11 nitrogen and oxygen atoms in total. The lowest BCUT2D eigenvalue weighted by molar-refractivity contribution is -0.122. The summed E-state index contributed by atoms with van der Waals surface area (Å²) < 4.78 is 18.4. The fourth-order valence-electron chi connectivity index (χ4n) is 4.48. The summed E-state index contributed by atoms with van der Waals surface area (Å²) in [5, 5.41) is 5.76. The molecule has 202 valence electrons. The minimum absolute atomic E-state index is 0.0197. The molecule has 0 saturated carbocycles. The topological polar surface area (TPSA) is 130 Å². The number of carbonyl (C=O) groups is 2. The molecule has 0 aliphatic carbocycles. The SMILES string of the molecule is COc1cc2c(=O)n(CCC(=O)NC[C@@H]3CCCO3)c(=O)n(CC(=O)Nc3ccccc3C)c2cc1OC. The van der Waals surface area contributed by atoms with Gasteiger partial charge in [0.1, 0.15) is 6.54 Å². The third kappa shape index (κ3) is 5.88. The molecule has 2 heterocycles. The largest absolute Gasteiger partial charge is 0.493 e. The second-order valence-corrected chi connectivity index (χ2v) is 9.10. The Morgan fingerprint density at radius 2 is 1.79 bits per heavy atom. The molecule has 0 radical (unpaired) electrons. The third-order valence-electron chi connectivity index (χ3n) is 6.56. The Kier molecular flexibility index (Phi) is 8.47. The smallest absolute Gasteiger partial charge is 0.331 e. The van der Waals surface area contributed by atoms with E-state index in [9.17, 15) is 19.2 Å². The number of methoxy groups -OCH3 is 2. The zero-order valence-electron chi connectivity index (χ0n) is 21.7. The lowest BCUT2D eigenvalue weighted by atomic mass is 10.2. The second-order valence-electron chi connectivity index (χ2n) is 9.10. The summed E-state index contributed by atoms with van der Waals surface area (Å²) in [6, 6.07) is 10.2. The average Bonchev–Trinajstić information content (AvgIpc) is 3.44. The van der Waals surface area contributed by atoms with E-state index in [2.05, 4.69) is 10.6 Å². The summed E-state index contributed by atoms with van der Waals surface area (Å²) in [5.41, 5.74) is 0.403. The monoisotopic (exact) mass is 524 g/mol. The Balaban J connectivity index is 1.67. The highest BCUT2D eigenvalue weighted by molar-refractivity contribution is 5.92. The number of hydrogen-bond donors (Lipinski definition) is 2. The molecule has 1 aliphatic heterocycles. The summed E-state index contributed by atoms with van der Waals surface area (Å²) in [7, 11) is 2.87. The van der Waals surface area contributed by atoms with Crippen LogP contribution in [-0.4, -0.2) is 54.4 Å². The first-order chi connectivity index (χ1) is 18.3. The van der Waals surface area contributed by atoms with Crippen molar-refractivity contribution in [2.75, 3.05) is 32.7 Å². The van der Waals surface area contributed by atoms with E-state index >= 15 is 0 Å². The minimum atomic E-state index is -0.707. The van der Waals surface area contributed by atoms with Gasteiger partial charge >= 0.3 is 5.69 Å². The van der Waals surface area contributed by atoms with Crippen LogP contribution in [0.1, 0.15) is 24.8 Å². The summed E-state index contributed by atoms with van der Waals surface area (Å²) in [6.07, 6.45) is 1.73. The van der Waals surface area contributed by atoms with Crippen LogP contribution in [0.3, 0.4) is 0 Å². The van der Waals surface area contributed by atoms with Crippen LogP contribution < -0.4 is 31.4 Å². The van der Waals surface area contributed by atoms with Gasteiger partial charge in [-0.05, 0) is 37.5 Å². The third-order valence-corrected chi connectivity index (χ3v) is 6.56. The molecule has 1 fully saturated rings. The molecule has 11 heteroatoms. The Bertz CT molecular complexity index is 1450. The predicted octanol–water partition coefficient (Wildman–Crippen LogP) is 1.81. The molecule has 0 bridgehead atoms. The quantitative estimate of drug-likeness (QED) is 0.414. The number of aromatic nitrogens is 2. The standard InChI is InChI=1S/C27H32N4O7/c1-17-7-4-5-9-20(17)29-25(33)16-31-21-14-23(37-3)22(36-2)13-19(21)26(34)30(27(31)35)11-10-24(32)28-15-18-8-6-12-38-18/h4-5,7,9,13-14,18H,6,8,10-12,15-16H2,1-3H3,(H,28,32)(H,29,33)/t18-/m0/s1. The highest BCUT2D eigenvalue weighted by atomic mass is 16.5. The molecule has 2 N–H and O–H groups in total. The van der Waals surface area contributed by atoms with E-state index in [-0.39, 0.29) is 42.4 Å². The first-order valence-electron chi connectivity index (χ1n) is 12.5. The molecule has 4 rings (SSSR count). The maximum Gasteiger partial charge on any atom is 0.331 e. The van der Waals surface area contributed by atoms with Crippen molar-refractivity contribution < 1.29 is 23.8 Å². The summed E-state index contributed by atoms with van der Waals surface area (Å²) in [6.45, 7) is 2.41. The molecular formula is C27H32N4O7. The number of rotatable bonds is 10. The molecule has 1 saturated heterocycles. The van der Waals surface area contributed by atoms with Gasteiger partial charge in [0.05, 0.1) is 31.2 Å². The van der Waals surface area contributed by atoms with E-state index in [0.717, 1.165) is 23.0 Å². The second kappa shape index (κ2) is 12.0. The predicted molar refractivity (Wildman–Crippen MR) is 142 cm³/mol. The van der Waals surface area contributed by atoms with Gasteiger partial charge in [-0.1, -0.05) is 18.2 Å². The zero-order chi connectivity index (χ0) is 27.2. The van der Waals surface area contributed by atoms with Crippen LogP contribution in [0.5, 0.6) is 11.5 Å². The first kappa shape index (κ1) is 26.9. The molecule has 2 aromatic carbocycles. The van der Waals surface area contributed by atoms with Crippen LogP contribution in [-0.2, 0) is 27.4 Å². The molecule has 2 amide bonds. The number of fused-ring (bicyclic) bond motifs is 1. The van der Waals surface area contributed by atoms with Crippen molar-refractivity contribution in [1.29, 1.82) is 0 Å². The number of anilines is 1.